The van der Waals surface area contributed by atoms with Crippen LogP contribution < -0.4 is 11.2 Å². The molecule has 1 saturated heterocycles. The predicted molar refractivity (Wildman–Crippen MR) is 108 cm³/mol. The van der Waals surface area contributed by atoms with Crippen LogP contribution in [0.4, 0.5) is 4.39 Å². The van der Waals surface area contributed by atoms with Crippen molar-refractivity contribution in [1.82, 2.24) is 9.55 Å². The molecule has 1 aromatic rings. The van der Waals surface area contributed by atoms with Crippen molar-refractivity contribution in [3.8, 4) is 0 Å². The number of allylic oxidation sites excluding steroid dienone is 2. The lowest BCUT2D eigenvalue weighted by molar-refractivity contribution is -0.139. The number of hydrogen-bond acceptors (Lipinski definition) is 11. The minimum absolute atomic E-state index is 0.318. The molecule has 35 heavy (non-hydrogen) atoms. The molecule has 0 saturated carbocycles. The molecule has 0 bridgehead atoms. The summed E-state index contributed by atoms with van der Waals surface area (Å²) in [6, 6.07) is 0.869. The zero-order chi connectivity index (χ0) is 26.4. The van der Waals surface area contributed by atoms with E-state index in [1.807, 2.05) is 4.98 Å². The van der Waals surface area contributed by atoms with E-state index in [0.29, 0.717) is 4.57 Å². The summed E-state index contributed by atoms with van der Waals surface area (Å²) in [5, 5.41) is 22.1. The Morgan fingerprint density at radius 1 is 1.11 bits per heavy atom. The van der Waals surface area contributed by atoms with Gasteiger partial charge in [0.1, 0.15) is 18.4 Å². The maximum Gasteiger partial charge on any atom is 0.490 e. The quantitative estimate of drug-likeness (QED) is 0.122. The predicted octanol–water partition coefficient (Wildman–Crippen LogP) is -1.21. The second kappa shape index (κ2) is 9.50. The van der Waals surface area contributed by atoms with Crippen molar-refractivity contribution in [3.63, 3.8) is 0 Å². The molecule has 1 fully saturated rings. The molecular weight excluding hydrogens is 548 g/mol. The van der Waals surface area contributed by atoms with Crippen molar-refractivity contribution in [3.05, 3.63) is 45.3 Å². The molecule has 1 aliphatic carbocycles. The van der Waals surface area contributed by atoms with Gasteiger partial charge in [0.25, 0.3) is 5.56 Å². The Kier molecular flexibility index (Phi) is 7.66. The maximum absolute atomic E-state index is 14.2. The summed E-state index contributed by atoms with van der Waals surface area (Å²) in [5.74, 6) is -0.395. The number of aromatic nitrogens is 2. The summed E-state index contributed by atoms with van der Waals surface area (Å²) in [6.45, 7) is -3.15. The fraction of sp³-hybridized carbons (Fsp3) is 0.571. The van der Waals surface area contributed by atoms with Gasteiger partial charge in [-0.25, -0.2) is 22.9 Å². The van der Waals surface area contributed by atoms with Crippen LogP contribution in [0.1, 0.15) is 12.6 Å². The number of hydrogen-bond donors (Lipinski definition) is 7. The third kappa shape index (κ3) is 6.50. The zero-order valence-electron chi connectivity index (χ0n) is 17.2. The van der Waals surface area contributed by atoms with E-state index in [4.69, 9.17) is 14.5 Å². The fourth-order valence-corrected chi connectivity index (χ4v) is 6.52. The summed E-state index contributed by atoms with van der Waals surface area (Å²) in [6.07, 6.45) is -0.345. The number of nitrogens with zero attached hydrogens (tertiary/aromatic N) is 1. The lowest BCUT2D eigenvalue weighted by Gasteiger charge is -2.33. The van der Waals surface area contributed by atoms with Crippen LogP contribution in [0.2, 0.25) is 0 Å². The topological polar surface area (TPSA) is 264 Å². The standard InChI is InChI=1S/C14H20FN2O15P3/c15-6-13(7-29-34(25,26)32-35(27,28)31-33(22,23)24)10(19)14(21,5-8-1-2-8)11(30-13)17-4-3-9(18)16-12(17)20/h1-4,8,10-11,19,21H,5-7H2,(H,25,26)(H,27,28)(H,16,18,20)(H2,22,23,24). The van der Waals surface area contributed by atoms with Crippen LogP contribution in [0.5, 0.6) is 0 Å². The number of phosphoric acid groups is 3. The van der Waals surface area contributed by atoms with E-state index in [9.17, 15) is 47.7 Å². The molecule has 198 valence electrons. The highest BCUT2D eigenvalue weighted by atomic mass is 31.3. The van der Waals surface area contributed by atoms with Gasteiger partial charge in [0.05, 0.1) is 6.61 Å². The van der Waals surface area contributed by atoms with Gasteiger partial charge >= 0.3 is 29.2 Å². The fourth-order valence-electron chi connectivity index (χ4n) is 3.44. The van der Waals surface area contributed by atoms with Gasteiger partial charge in [-0.15, -0.1) is 0 Å². The minimum atomic E-state index is -5.89. The van der Waals surface area contributed by atoms with E-state index >= 15 is 0 Å². The number of aromatic amines is 1. The molecule has 1 aliphatic heterocycles. The third-order valence-corrected chi connectivity index (χ3v) is 8.77. The molecule has 0 aromatic carbocycles. The molecule has 0 spiro atoms. The number of aliphatic hydroxyl groups is 2. The summed E-state index contributed by atoms with van der Waals surface area (Å²) in [4.78, 5) is 61.5. The first-order valence-corrected chi connectivity index (χ1v) is 13.9. The summed E-state index contributed by atoms with van der Waals surface area (Å²) >= 11 is 0. The SMILES string of the molecule is O=c1ccn(C2OC(CF)(COP(=O)(O)OP(=O)(O)OP(=O)(O)O)C(O)C2(O)CC2C=C2)c(=O)[nH]1. The molecule has 0 radical (unpaired) electrons. The highest BCUT2D eigenvalue weighted by molar-refractivity contribution is 7.66. The number of phosphoric ester groups is 1. The van der Waals surface area contributed by atoms with E-state index in [-0.39, 0.29) is 6.42 Å². The van der Waals surface area contributed by atoms with Gasteiger partial charge in [-0.1, -0.05) is 12.2 Å². The Morgan fingerprint density at radius 2 is 1.74 bits per heavy atom. The average molecular weight is 568 g/mol. The number of rotatable bonds is 11. The Labute approximate surface area is 193 Å². The Hall–Kier alpha value is -1.36. The van der Waals surface area contributed by atoms with Gasteiger partial charge in [0.15, 0.2) is 11.8 Å². The first kappa shape index (κ1) is 28.2. The molecule has 2 heterocycles. The van der Waals surface area contributed by atoms with Crippen LogP contribution in [-0.2, 0) is 31.6 Å². The minimum Gasteiger partial charge on any atom is -0.387 e. The molecule has 21 heteroatoms. The average Bonchev–Trinajstić information content (AvgIpc) is 3.46. The second-order valence-corrected chi connectivity index (χ2v) is 12.1. The molecule has 7 N–H and O–H groups in total. The number of nitrogens with one attached hydrogen (secondary N) is 1. The van der Waals surface area contributed by atoms with E-state index in [1.165, 1.54) is 0 Å². The highest BCUT2D eigenvalue weighted by Gasteiger charge is 2.65. The van der Waals surface area contributed by atoms with E-state index in [2.05, 4.69) is 13.1 Å². The van der Waals surface area contributed by atoms with Crippen molar-refractivity contribution >= 4 is 23.5 Å². The maximum atomic E-state index is 14.2. The van der Waals surface area contributed by atoms with Crippen LogP contribution in [-0.4, -0.2) is 69.9 Å². The van der Waals surface area contributed by atoms with E-state index < -0.39 is 77.5 Å². The van der Waals surface area contributed by atoms with Gasteiger partial charge in [-0.05, 0) is 12.3 Å². The molecule has 2 aliphatic rings. The normalized spacial score (nSPS) is 32.3. The third-order valence-electron chi connectivity index (χ3n) is 4.99. The van der Waals surface area contributed by atoms with Crippen LogP contribution in [0.15, 0.2) is 34.0 Å². The van der Waals surface area contributed by atoms with E-state index in [0.717, 1.165) is 12.3 Å². The number of H-pyrrole nitrogens is 1. The highest BCUT2D eigenvalue weighted by Crippen LogP contribution is 2.66. The van der Waals surface area contributed by atoms with Crippen LogP contribution in [0, 0.1) is 5.92 Å². The molecule has 6 unspecified atom stereocenters. The molecular formula is C14H20FN2O15P3. The number of aliphatic hydroxyl groups excluding tert-OH is 1. The van der Waals surface area contributed by atoms with Crippen LogP contribution >= 0.6 is 23.5 Å². The molecule has 6 atom stereocenters. The number of alkyl halides is 1. The van der Waals surface area contributed by atoms with Gasteiger partial charge in [0.2, 0.25) is 0 Å². The summed E-state index contributed by atoms with van der Waals surface area (Å²) in [5.41, 5.74) is -7.03. The van der Waals surface area contributed by atoms with Gasteiger partial charge in [0, 0.05) is 12.3 Å². The zero-order valence-corrected chi connectivity index (χ0v) is 19.9. The van der Waals surface area contributed by atoms with Crippen molar-refractivity contribution in [2.24, 2.45) is 5.92 Å². The molecule has 1 aromatic heterocycles. The largest absolute Gasteiger partial charge is 0.490 e. The molecule has 3 rings (SSSR count). The van der Waals surface area contributed by atoms with Crippen molar-refractivity contribution < 1.29 is 65.8 Å². The van der Waals surface area contributed by atoms with Gasteiger partial charge in [-0.3, -0.25) is 18.9 Å². The molecule has 17 nitrogen and oxygen atoms in total. The smallest absolute Gasteiger partial charge is 0.387 e. The lowest BCUT2D eigenvalue weighted by atomic mass is 9.83. The van der Waals surface area contributed by atoms with Crippen molar-refractivity contribution in [1.29, 1.82) is 0 Å². The van der Waals surface area contributed by atoms with Gasteiger partial charge < -0.3 is 34.5 Å². The Morgan fingerprint density at radius 3 is 2.26 bits per heavy atom. The van der Waals surface area contributed by atoms with Crippen LogP contribution in [0.3, 0.4) is 0 Å². The van der Waals surface area contributed by atoms with Crippen molar-refractivity contribution in [2.45, 2.75) is 30.0 Å². The summed E-state index contributed by atoms with van der Waals surface area (Å²) < 4.78 is 66.0. The Bertz CT molecular complexity index is 1250. The summed E-state index contributed by atoms with van der Waals surface area (Å²) in [7, 11) is -17.3. The first-order chi connectivity index (χ1) is 15.9. The van der Waals surface area contributed by atoms with Crippen LogP contribution in [0.25, 0.3) is 0 Å². The second-order valence-electron chi connectivity index (χ2n) is 7.70. The lowest BCUT2D eigenvalue weighted by Crippen LogP contribution is -2.55. The van der Waals surface area contributed by atoms with E-state index in [1.54, 1.807) is 12.2 Å². The van der Waals surface area contributed by atoms with Crippen molar-refractivity contribution in [2.75, 3.05) is 13.3 Å². The number of ether oxygens (including phenoxy) is 1. The van der Waals surface area contributed by atoms with Gasteiger partial charge in [-0.2, -0.15) is 8.62 Å². The number of halogens is 1. The molecule has 0 amide bonds. The Balaban J connectivity index is 1.89. The first-order valence-electron chi connectivity index (χ1n) is 9.34. The monoisotopic (exact) mass is 568 g/mol.